The molecule has 0 N–H and O–H groups in total. The van der Waals surface area contributed by atoms with Crippen LogP contribution >= 0.6 is 34.8 Å². The summed E-state index contributed by atoms with van der Waals surface area (Å²) in [5, 5.41) is 1.31. The Morgan fingerprint density at radius 2 is 1.86 bits per heavy atom. The van der Waals surface area contributed by atoms with Crippen LogP contribution in [0.25, 0.3) is 0 Å². The minimum absolute atomic E-state index is 0.148. The molecule has 108 valence electrons. The number of ether oxygens (including phenoxy) is 1. The number of carbonyl (C=O) groups excluding carboxylic acids is 1. The molecule has 0 amide bonds. The molecule has 0 radical (unpaired) electrons. The monoisotopic (exact) mass is 340 g/mol. The van der Waals surface area contributed by atoms with Crippen molar-refractivity contribution in [2.75, 3.05) is 6.61 Å². The van der Waals surface area contributed by atoms with E-state index >= 15 is 0 Å². The summed E-state index contributed by atoms with van der Waals surface area (Å²) in [6, 6.07) is 8.65. The summed E-state index contributed by atoms with van der Waals surface area (Å²) in [4.78, 5) is 12.5. The molecule has 0 aliphatic carbocycles. The lowest BCUT2D eigenvalue weighted by Crippen LogP contribution is -2.06. The van der Waals surface area contributed by atoms with Gasteiger partial charge >= 0.3 is 0 Å². The van der Waals surface area contributed by atoms with Crippen molar-refractivity contribution in [2.45, 2.75) is 12.8 Å². The smallest absolute Gasteiger partial charge is 0.170 e. The number of carbonyl (C=O) groups is 1. The van der Waals surface area contributed by atoms with Gasteiger partial charge in [0, 0.05) is 23.4 Å². The van der Waals surface area contributed by atoms with Crippen LogP contribution < -0.4 is 4.74 Å². The third-order valence-electron chi connectivity index (χ3n) is 3.42. The van der Waals surface area contributed by atoms with Crippen LogP contribution in [0.15, 0.2) is 30.3 Å². The number of Topliss-reactive ketones (excluding diaryl/α,β-unsaturated/α-hetero) is 1. The van der Waals surface area contributed by atoms with E-state index < -0.39 is 0 Å². The van der Waals surface area contributed by atoms with Gasteiger partial charge < -0.3 is 4.74 Å². The number of ketones is 1. The Morgan fingerprint density at radius 3 is 2.57 bits per heavy atom. The molecular weight excluding hydrogens is 331 g/mol. The molecule has 3 rings (SSSR count). The van der Waals surface area contributed by atoms with E-state index in [0.717, 1.165) is 23.3 Å². The zero-order valence-electron chi connectivity index (χ0n) is 11.0. The first-order valence-electron chi connectivity index (χ1n) is 6.47. The topological polar surface area (TPSA) is 26.3 Å². The Morgan fingerprint density at radius 1 is 1.14 bits per heavy atom. The zero-order valence-corrected chi connectivity index (χ0v) is 13.2. The van der Waals surface area contributed by atoms with Crippen molar-refractivity contribution in [1.82, 2.24) is 0 Å². The molecule has 0 spiro atoms. The SMILES string of the molecule is O=C(Cc1cc(Cl)cc2c1OCC2)c1c(Cl)cccc1Cl. The summed E-state index contributed by atoms with van der Waals surface area (Å²) in [7, 11) is 0. The van der Waals surface area contributed by atoms with Crippen LogP contribution in [-0.4, -0.2) is 12.4 Å². The molecule has 0 saturated carbocycles. The number of hydrogen-bond acceptors (Lipinski definition) is 2. The maximum absolute atomic E-state index is 12.5. The van der Waals surface area contributed by atoms with Gasteiger partial charge in [-0.15, -0.1) is 0 Å². The third kappa shape index (κ3) is 2.89. The van der Waals surface area contributed by atoms with Crippen LogP contribution in [-0.2, 0) is 12.8 Å². The lowest BCUT2D eigenvalue weighted by atomic mass is 10.00. The van der Waals surface area contributed by atoms with Crippen molar-refractivity contribution in [2.24, 2.45) is 0 Å². The van der Waals surface area contributed by atoms with E-state index in [1.165, 1.54) is 0 Å². The number of hydrogen-bond donors (Lipinski definition) is 0. The summed E-state index contributed by atoms with van der Waals surface area (Å²) in [5.41, 5.74) is 2.15. The van der Waals surface area contributed by atoms with E-state index in [4.69, 9.17) is 39.5 Å². The van der Waals surface area contributed by atoms with E-state index in [1.54, 1.807) is 24.3 Å². The van der Waals surface area contributed by atoms with E-state index in [2.05, 4.69) is 0 Å². The number of halogens is 3. The average molecular weight is 342 g/mol. The molecule has 0 aromatic heterocycles. The van der Waals surface area contributed by atoms with Gasteiger partial charge in [0.05, 0.1) is 22.2 Å². The fourth-order valence-corrected chi connectivity index (χ4v) is 3.37. The minimum atomic E-state index is -0.148. The lowest BCUT2D eigenvalue weighted by Gasteiger charge is -2.10. The van der Waals surface area contributed by atoms with Gasteiger partial charge in [-0.3, -0.25) is 4.79 Å². The molecule has 0 bridgehead atoms. The molecule has 2 aromatic carbocycles. The maximum Gasteiger partial charge on any atom is 0.170 e. The maximum atomic E-state index is 12.5. The Labute approximate surface area is 137 Å². The molecule has 0 fully saturated rings. The molecule has 0 atom stereocenters. The Kier molecular flexibility index (Phi) is 4.12. The van der Waals surface area contributed by atoms with Gasteiger partial charge in [0.15, 0.2) is 5.78 Å². The first-order chi connectivity index (χ1) is 10.1. The van der Waals surface area contributed by atoms with Crippen molar-refractivity contribution in [3.8, 4) is 5.75 Å². The van der Waals surface area contributed by atoms with Gasteiger partial charge in [-0.05, 0) is 29.8 Å². The van der Waals surface area contributed by atoms with Crippen molar-refractivity contribution < 1.29 is 9.53 Å². The second kappa shape index (κ2) is 5.88. The van der Waals surface area contributed by atoms with Crippen LogP contribution in [0, 0.1) is 0 Å². The van der Waals surface area contributed by atoms with Gasteiger partial charge in [0.25, 0.3) is 0 Å². The predicted octanol–water partition coefficient (Wildman–Crippen LogP) is 5.01. The molecule has 0 saturated heterocycles. The van der Waals surface area contributed by atoms with Crippen molar-refractivity contribution in [3.05, 3.63) is 62.1 Å². The normalized spacial score (nSPS) is 12.9. The predicted molar refractivity (Wildman–Crippen MR) is 85.1 cm³/mol. The highest BCUT2D eigenvalue weighted by molar-refractivity contribution is 6.39. The molecule has 2 aromatic rings. The summed E-state index contributed by atoms with van der Waals surface area (Å²) < 4.78 is 5.60. The average Bonchev–Trinajstić information content (AvgIpc) is 2.86. The van der Waals surface area contributed by atoms with E-state index in [-0.39, 0.29) is 12.2 Å². The molecule has 1 heterocycles. The number of fused-ring (bicyclic) bond motifs is 1. The fraction of sp³-hybridized carbons (Fsp3) is 0.188. The summed E-state index contributed by atoms with van der Waals surface area (Å²) in [6.45, 7) is 0.615. The highest BCUT2D eigenvalue weighted by Gasteiger charge is 2.21. The molecular formula is C16H11Cl3O2. The first-order valence-corrected chi connectivity index (χ1v) is 7.61. The summed E-state index contributed by atoms with van der Waals surface area (Å²) in [6.07, 6.45) is 0.969. The number of benzene rings is 2. The zero-order chi connectivity index (χ0) is 15.0. The second-order valence-electron chi connectivity index (χ2n) is 4.85. The van der Waals surface area contributed by atoms with E-state index in [1.807, 2.05) is 6.07 Å². The fourth-order valence-electron chi connectivity index (χ4n) is 2.50. The van der Waals surface area contributed by atoms with Crippen LogP contribution in [0.4, 0.5) is 0 Å². The highest BCUT2D eigenvalue weighted by atomic mass is 35.5. The first kappa shape index (κ1) is 14.7. The molecule has 0 unspecified atom stereocenters. The molecule has 1 aliphatic rings. The van der Waals surface area contributed by atoms with Crippen LogP contribution in [0.2, 0.25) is 15.1 Å². The summed E-state index contributed by atoms with van der Waals surface area (Å²) >= 11 is 18.3. The van der Waals surface area contributed by atoms with Crippen molar-refractivity contribution in [1.29, 1.82) is 0 Å². The van der Waals surface area contributed by atoms with Crippen molar-refractivity contribution >= 4 is 40.6 Å². The Bertz CT molecular complexity index is 705. The van der Waals surface area contributed by atoms with Crippen LogP contribution in [0.1, 0.15) is 21.5 Å². The largest absolute Gasteiger partial charge is 0.493 e. The van der Waals surface area contributed by atoms with Gasteiger partial charge in [0.2, 0.25) is 0 Å². The lowest BCUT2D eigenvalue weighted by molar-refractivity contribution is 0.0992. The highest BCUT2D eigenvalue weighted by Crippen LogP contribution is 2.34. The van der Waals surface area contributed by atoms with Gasteiger partial charge in [-0.25, -0.2) is 0 Å². The summed E-state index contributed by atoms with van der Waals surface area (Å²) in [5.74, 6) is 0.612. The third-order valence-corrected chi connectivity index (χ3v) is 4.27. The van der Waals surface area contributed by atoms with Gasteiger partial charge in [-0.1, -0.05) is 40.9 Å². The Hall–Kier alpha value is -1.22. The molecule has 5 heteroatoms. The minimum Gasteiger partial charge on any atom is -0.493 e. The van der Waals surface area contributed by atoms with E-state index in [9.17, 15) is 4.79 Å². The van der Waals surface area contributed by atoms with Crippen LogP contribution in [0.3, 0.4) is 0 Å². The Balaban J connectivity index is 1.96. The second-order valence-corrected chi connectivity index (χ2v) is 6.10. The van der Waals surface area contributed by atoms with Crippen LogP contribution in [0.5, 0.6) is 5.75 Å². The quantitative estimate of drug-likeness (QED) is 0.734. The van der Waals surface area contributed by atoms with Crippen molar-refractivity contribution in [3.63, 3.8) is 0 Å². The number of rotatable bonds is 3. The molecule has 1 aliphatic heterocycles. The molecule has 2 nitrogen and oxygen atoms in total. The molecule has 21 heavy (non-hydrogen) atoms. The standard InChI is InChI=1S/C16H11Cl3O2/c17-11-6-9-4-5-21-16(9)10(7-11)8-14(20)15-12(18)2-1-3-13(15)19/h1-3,6-7H,4-5,8H2. The van der Waals surface area contributed by atoms with Gasteiger partial charge in [0.1, 0.15) is 5.75 Å². The van der Waals surface area contributed by atoms with Gasteiger partial charge in [-0.2, -0.15) is 0 Å². The van der Waals surface area contributed by atoms with E-state index in [0.29, 0.717) is 27.2 Å².